The molecular formula is C16H20BrN3O. The maximum atomic E-state index is 6.03. The van der Waals surface area contributed by atoms with Crippen molar-refractivity contribution >= 4 is 15.9 Å². The van der Waals surface area contributed by atoms with Crippen LogP contribution < -0.4 is 5.73 Å². The first-order valence-electron chi connectivity index (χ1n) is 7.50. The third-order valence-electron chi connectivity index (χ3n) is 4.46. The van der Waals surface area contributed by atoms with Crippen LogP contribution in [0.4, 0.5) is 0 Å². The summed E-state index contributed by atoms with van der Waals surface area (Å²) in [4.78, 5) is 4.57. The summed E-state index contributed by atoms with van der Waals surface area (Å²) in [7, 11) is 0. The molecule has 0 amide bonds. The highest BCUT2D eigenvalue weighted by Crippen LogP contribution is 2.38. The van der Waals surface area contributed by atoms with Gasteiger partial charge in [-0.2, -0.15) is 4.98 Å². The van der Waals surface area contributed by atoms with Crippen molar-refractivity contribution in [1.29, 1.82) is 0 Å². The molecule has 0 aliphatic heterocycles. The van der Waals surface area contributed by atoms with E-state index in [1.165, 1.54) is 19.3 Å². The number of hydrogen-bond acceptors (Lipinski definition) is 4. The van der Waals surface area contributed by atoms with Gasteiger partial charge in [0.1, 0.15) is 0 Å². The molecule has 5 heteroatoms. The van der Waals surface area contributed by atoms with Gasteiger partial charge in [0.05, 0.1) is 0 Å². The zero-order valence-electron chi connectivity index (χ0n) is 12.0. The van der Waals surface area contributed by atoms with Crippen LogP contribution in [0.2, 0.25) is 0 Å². The summed E-state index contributed by atoms with van der Waals surface area (Å²) in [6, 6.07) is 7.91. The van der Waals surface area contributed by atoms with Crippen molar-refractivity contribution in [3.63, 3.8) is 0 Å². The molecule has 0 unspecified atom stereocenters. The Kier molecular flexibility index (Phi) is 4.40. The molecule has 1 aromatic carbocycles. The zero-order valence-corrected chi connectivity index (χ0v) is 13.6. The fourth-order valence-electron chi connectivity index (χ4n) is 3.15. The molecule has 0 spiro atoms. The average Bonchev–Trinajstić information content (AvgIpc) is 2.97. The van der Waals surface area contributed by atoms with Crippen molar-refractivity contribution in [2.24, 2.45) is 11.1 Å². The SMILES string of the molecule is NCC1(Cc2nc(-c3ccccc3Br)no2)CCCCC1. The number of nitrogens with zero attached hydrogens (tertiary/aromatic N) is 2. The molecule has 2 aromatic rings. The topological polar surface area (TPSA) is 64.9 Å². The van der Waals surface area contributed by atoms with Crippen LogP contribution in [-0.2, 0) is 6.42 Å². The summed E-state index contributed by atoms with van der Waals surface area (Å²) in [6.07, 6.45) is 6.94. The van der Waals surface area contributed by atoms with Crippen LogP contribution in [0.25, 0.3) is 11.4 Å². The summed E-state index contributed by atoms with van der Waals surface area (Å²) in [6.45, 7) is 0.694. The molecule has 1 aromatic heterocycles. The van der Waals surface area contributed by atoms with Gasteiger partial charge in [-0.1, -0.05) is 52.5 Å². The smallest absolute Gasteiger partial charge is 0.227 e. The van der Waals surface area contributed by atoms with Gasteiger partial charge < -0.3 is 10.3 Å². The number of hydrogen-bond donors (Lipinski definition) is 1. The molecule has 0 bridgehead atoms. The molecule has 1 heterocycles. The first kappa shape index (κ1) is 14.7. The van der Waals surface area contributed by atoms with Crippen LogP contribution in [0.15, 0.2) is 33.3 Å². The van der Waals surface area contributed by atoms with Gasteiger partial charge in [-0.3, -0.25) is 0 Å². The van der Waals surface area contributed by atoms with Crippen molar-refractivity contribution in [2.45, 2.75) is 38.5 Å². The molecular weight excluding hydrogens is 330 g/mol. The maximum absolute atomic E-state index is 6.03. The highest BCUT2D eigenvalue weighted by molar-refractivity contribution is 9.10. The lowest BCUT2D eigenvalue weighted by Gasteiger charge is -2.34. The Morgan fingerprint density at radius 3 is 2.67 bits per heavy atom. The fraction of sp³-hybridized carbons (Fsp3) is 0.500. The predicted octanol–water partition coefficient (Wildman–Crippen LogP) is 3.95. The number of halogens is 1. The van der Waals surface area contributed by atoms with Crippen LogP contribution >= 0.6 is 15.9 Å². The average molecular weight is 350 g/mol. The highest BCUT2D eigenvalue weighted by Gasteiger charge is 2.33. The first-order valence-corrected chi connectivity index (χ1v) is 8.29. The molecule has 112 valence electrons. The van der Waals surface area contributed by atoms with Gasteiger partial charge >= 0.3 is 0 Å². The number of aromatic nitrogens is 2. The predicted molar refractivity (Wildman–Crippen MR) is 85.7 cm³/mol. The van der Waals surface area contributed by atoms with Gasteiger partial charge in [0.25, 0.3) is 0 Å². The third kappa shape index (κ3) is 3.19. The van der Waals surface area contributed by atoms with Crippen molar-refractivity contribution in [3.8, 4) is 11.4 Å². The van der Waals surface area contributed by atoms with Crippen molar-refractivity contribution in [1.82, 2.24) is 10.1 Å². The zero-order chi connectivity index (χ0) is 14.7. The standard InChI is InChI=1S/C16H20BrN3O/c17-13-7-3-2-6-12(13)15-19-14(21-20-15)10-16(11-18)8-4-1-5-9-16/h2-3,6-7H,1,4-5,8-11,18H2. The molecule has 0 atom stereocenters. The van der Waals surface area contributed by atoms with Crippen LogP contribution in [0.3, 0.4) is 0 Å². The van der Waals surface area contributed by atoms with Gasteiger partial charge in [-0.05, 0) is 36.9 Å². The Hall–Kier alpha value is -1.20. The minimum atomic E-state index is 0.149. The van der Waals surface area contributed by atoms with Crippen molar-refractivity contribution in [3.05, 3.63) is 34.6 Å². The molecule has 3 rings (SSSR count). The van der Waals surface area contributed by atoms with Gasteiger partial charge in [-0.25, -0.2) is 0 Å². The van der Waals surface area contributed by atoms with Crippen molar-refractivity contribution < 1.29 is 4.52 Å². The number of nitrogens with two attached hydrogens (primary N) is 1. The monoisotopic (exact) mass is 349 g/mol. The van der Waals surface area contributed by atoms with E-state index in [9.17, 15) is 0 Å². The largest absolute Gasteiger partial charge is 0.339 e. The van der Waals surface area contributed by atoms with E-state index in [1.807, 2.05) is 24.3 Å². The molecule has 1 fully saturated rings. The second-order valence-corrected chi connectivity index (χ2v) is 6.79. The summed E-state index contributed by atoms with van der Waals surface area (Å²) >= 11 is 3.52. The summed E-state index contributed by atoms with van der Waals surface area (Å²) < 4.78 is 6.44. The Morgan fingerprint density at radius 2 is 1.95 bits per heavy atom. The van der Waals surface area contributed by atoms with E-state index in [1.54, 1.807) is 0 Å². The van der Waals surface area contributed by atoms with E-state index in [-0.39, 0.29) is 5.41 Å². The Balaban J connectivity index is 1.80. The molecule has 1 saturated carbocycles. The van der Waals surface area contributed by atoms with E-state index in [4.69, 9.17) is 10.3 Å². The second kappa shape index (κ2) is 6.28. The van der Waals surface area contributed by atoms with Gasteiger partial charge in [0.2, 0.25) is 11.7 Å². The van der Waals surface area contributed by atoms with E-state index in [2.05, 4.69) is 26.1 Å². The molecule has 0 radical (unpaired) electrons. The Bertz CT molecular complexity index is 605. The van der Waals surface area contributed by atoms with Crippen LogP contribution in [0.1, 0.15) is 38.0 Å². The quantitative estimate of drug-likeness (QED) is 0.907. The number of benzene rings is 1. The molecule has 2 N–H and O–H groups in total. The minimum Gasteiger partial charge on any atom is -0.339 e. The molecule has 4 nitrogen and oxygen atoms in total. The molecule has 1 aliphatic carbocycles. The van der Waals surface area contributed by atoms with E-state index < -0.39 is 0 Å². The lowest BCUT2D eigenvalue weighted by molar-refractivity contribution is 0.177. The highest BCUT2D eigenvalue weighted by atomic mass is 79.9. The Labute approximate surface area is 133 Å². The van der Waals surface area contributed by atoms with Gasteiger partial charge in [-0.15, -0.1) is 0 Å². The van der Waals surface area contributed by atoms with Crippen molar-refractivity contribution in [2.75, 3.05) is 6.54 Å². The summed E-state index contributed by atoms with van der Waals surface area (Å²) in [5.41, 5.74) is 7.14. The Morgan fingerprint density at radius 1 is 1.19 bits per heavy atom. The van der Waals surface area contributed by atoms with Crippen LogP contribution in [-0.4, -0.2) is 16.7 Å². The van der Waals surface area contributed by atoms with Crippen LogP contribution in [0.5, 0.6) is 0 Å². The lowest BCUT2D eigenvalue weighted by Crippen LogP contribution is -2.35. The maximum Gasteiger partial charge on any atom is 0.227 e. The summed E-state index contributed by atoms with van der Waals surface area (Å²) in [5, 5.41) is 4.12. The molecule has 1 aliphatic rings. The van der Waals surface area contributed by atoms with E-state index in [0.29, 0.717) is 18.3 Å². The first-order chi connectivity index (χ1) is 10.2. The fourth-order valence-corrected chi connectivity index (χ4v) is 3.62. The van der Waals surface area contributed by atoms with Crippen LogP contribution in [0, 0.1) is 5.41 Å². The lowest BCUT2D eigenvalue weighted by atomic mass is 9.72. The normalized spacial score (nSPS) is 17.8. The summed E-state index contributed by atoms with van der Waals surface area (Å²) in [5.74, 6) is 1.34. The van der Waals surface area contributed by atoms with Gasteiger partial charge in [0.15, 0.2) is 0 Å². The van der Waals surface area contributed by atoms with E-state index >= 15 is 0 Å². The minimum absolute atomic E-state index is 0.149. The van der Waals surface area contributed by atoms with E-state index in [0.717, 1.165) is 29.3 Å². The number of rotatable bonds is 4. The van der Waals surface area contributed by atoms with Gasteiger partial charge in [0, 0.05) is 16.5 Å². The molecule has 21 heavy (non-hydrogen) atoms. The second-order valence-electron chi connectivity index (χ2n) is 5.93. The third-order valence-corrected chi connectivity index (χ3v) is 5.15. The molecule has 0 saturated heterocycles.